The zero-order chi connectivity index (χ0) is 15.2. The smallest absolute Gasteiger partial charge is 0.319 e. The summed E-state index contributed by atoms with van der Waals surface area (Å²) >= 11 is 10.7. The van der Waals surface area contributed by atoms with Crippen LogP contribution in [0, 0.1) is 0 Å². The monoisotopic (exact) mass is 319 g/mol. The van der Waals surface area contributed by atoms with Crippen molar-refractivity contribution >= 4 is 40.5 Å². The van der Waals surface area contributed by atoms with Crippen molar-refractivity contribution in [3.8, 4) is 0 Å². The summed E-state index contributed by atoms with van der Waals surface area (Å²) < 4.78 is 0. The van der Waals surface area contributed by atoms with E-state index in [0.29, 0.717) is 22.2 Å². The van der Waals surface area contributed by atoms with E-state index in [2.05, 4.69) is 10.6 Å². The molecule has 0 radical (unpaired) electrons. The van der Waals surface area contributed by atoms with E-state index in [1.54, 1.807) is 24.3 Å². The number of halogens is 1. The van der Waals surface area contributed by atoms with Crippen molar-refractivity contribution in [3.05, 3.63) is 64.7 Å². The molecule has 0 saturated carbocycles. The molecule has 4 nitrogen and oxygen atoms in total. The first kappa shape index (κ1) is 15.3. The number of carbonyl (C=O) groups is 1. The van der Waals surface area contributed by atoms with Crippen molar-refractivity contribution in [2.24, 2.45) is 5.73 Å². The van der Waals surface area contributed by atoms with Gasteiger partial charge >= 0.3 is 6.03 Å². The molecule has 21 heavy (non-hydrogen) atoms. The number of hydrogen-bond acceptors (Lipinski definition) is 2. The molecule has 0 saturated heterocycles. The van der Waals surface area contributed by atoms with E-state index < -0.39 is 0 Å². The molecular formula is C15H14ClN3OS. The summed E-state index contributed by atoms with van der Waals surface area (Å²) in [4.78, 5) is 12.1. The molecule has 0 aliphatic heterocycles. The molecule has 0 fully saturated rings. The third-order valence-electron chi connectivity index (χ3n) is 2.79. The highest BCUT2D eigenvalue weighted by atomic mass is 35.5. The second kappa shape index (κ2) is 7.06. The van der Waals surface area contributed by atoms with Crippen LogP contribution in [-0.2, 0) is 6.54 Å². The zero-order valence-electron chi connectivity index (χ0n) is 11.1. The standard InChI is InChI=1S/C15H14ClN3OS/c16-12-5-7-13(8-6-12)19-15(20)18-9-10-1-3-11(4-2-10)14(17)21/h1-8H,9H2,(H2,17,21)(H2,18,19,20). The van der Waals surface area contributed by atoms with E-state index in [4.69, 9.17) is 29.6 Å². The number of anilines is 1. The summed E-state index contributed by atoms with van der Waals surface area (Å²) in [6, 6.07) is 14.0. The van der Waals surface area contributed by atoms with Gasteiger partial charge in [0.05, 0.1) is 0 Å². The first-order chi connectivity index (χ1) is 10.0. The van der Waals surface area contributed by atoms with Crippen LogP contribution in [0.2, 0.25) is 5.02 Å². The van der Waals surface area contributed by atoms with Gasteiger partial charge in [-0.3, -0.25) is 0 Å². The lowest BCUT2D eigenvalue weighted by Crippen LogP contribution is -2.28. The summed E-state index contributed by atoms with van der Waals surface area (Å²) in [7, 11) is 0. The molecule has 0 aromatic heterocycles. The minimum atomic E-state index is -0.282. The second-order valence-electron chi connectivity index (χ2n) is 4.38. The number of amides is 2. The van der Waals surface area contributed by atoms with Crippen molar-refractivity contribution in [1.29, 1.82) is 0 Å². The molecule has 0 atom stereocenters. The second-order valence-corrected chi connectivity index (χ2v) is 5.25. The number of carbonyl (C=O) groups excluding carboxylic acids is 1. The summed E-state index contributed by atoms with van der Waals surface area (Å²) in [5, 5.41) is 6.11. The summed E-state index contributed by atoms with van der Waals surface area (Å²) in [5.74, 6) is 0. The first-order valence-corrected chi connectivity index (χ1v) is 7.02. The van der Waals surface area contributed by atoms with E-state index in [9.17, 15) is 4.79 Å². The zero-order valence-corrected chi connectivity index (χ0v) is 12.7. The van der Waals surface area contributed by atoms with E-state index in [1.807, 2.05) is 24.3 Å². The summed E-state index contributed by atoms with van der Waals surface area (Å²) in [6.07, 6.45) is 0. The quantitative estimate of drug-likeness (QED) is 0.757. The van der Waals surface area contributed by atoms with Gasteiger partial charge in [0.1, 0.15) is 4.99 Å². The Hall–Kier alpha value is -2.11. The average molecular weight is 320 g/mol. The maximum absolute atomic E-state index is 11.7. The van der Waals surface area contributed by atoms with Crippen LogP contribution in [-0.4, -0.2) is 11.0 Å². The third kappa shape index (κ3) is 4.73. The number of nitrogens with two attached hydrogens (primary N) is 1. The molecule has 0 unspecified atom stereocenters. The Balaban J connectivity index is 1.86. The van der Waals surface area contributed by atoms with Crippen molar-refractivity contribution in [2.45, 2.75) is 6.54 Å². The molecule has 4 N–H and O–H groups in total. The third-order valence-corrected chi connectivity index (χ3v) is 3.28. The van der Waals surface area contributed by atoms with Gasteiger partial charge in [-0.25, -0.2) is 4.79 Å². The van der Waals surface area contributed by atoms with Gasteiger partial charge in [0.15, 0.2) is 0 Å². The molecule has 2 aromatic carbocycles. The van der Waals surface area contributed by atoms with Crippen LogP contribution >= 0.6 is 23.8 Å². The average Bonchev–Trinajstić information content (AvgIpc) is 2.48. The Morgan fingerprint density at radius 3 is 2.29 bits per heavy atom. The minimum absolute atomic E-state index is 0.282. The van der Waals surface area contributed by atoms with Crippen molar-refractivity contribution in [2.75, 3.05) is 5.32 Å². The Morgan fingerprint density at radius 2 is 1.71 bits per heavy atom. The Morgan fingerprint density at radius 1 is 1.10 bits per heavy atom. The van der Waals surface area contributed by atoms with Gasteiger partial charge in [-0.15, -0.1) is 0 Å². The highest BCUT2D eigenvalue weighted by Crippen LogP contribution is 2.13. The molecule has 108 valence electrons. The van der Waals surface area contributed by atoms with Crippen LogP contribution < -0.4 is 16.4 Å². The molecule has 0 aliphatic carbocycles. The maximum Gasteiger partial charge on any atom is 0.319 e. The lowest BCUT2D eigenvalue weighted by Gasteiger charge is -2.08. The fourth-order valence-corrected chi connectivity index (χ4v) is 1.94. The maximum atomic E-state index is 11.7. The van der Waals surface area contributed by atoms with Gasteiger partial charge in [-0.1, -0.05) is 48.1 Å². The molecule has 2 amide bonds. The molecule has 0 spiro atoms. The number of thiocarbonyl (C=S) groups is 1. The van der Waals surface area contributed by atoms with Crippen molar-refractivity contribution < 1.29 is 4.79 Å². The number of nitrogens with one attached hydrogen (secondary N) is 2. The van der Waals surface area contributed by atoms with E-state index >= 15 is 0 Å². The fourth-order valence-electron chi connectivity index (χ4n) is 1.68. The summed E-state index contributed by atoms with van der Waals surface area (Å²) in [6.45, 7) is 0.414. The normalized spacial score (nSPS) is 9.95. The van der Waals surface area contributed by atoms with Gasteiger partial charge < -0.3 is 16.4 Å². The summed E-state index contributed by atoms with van der Waals surface area (Å²) in [5.41, 5.74) is 7.97. The number of rotatable bonds is 4. The molecule has 6 heteroatoms. The van der Waals surface area contributed by atoms with Crippen LogP contribution in [0.4, 0.5) is 10.5 Å². The largest absolute Gasteiger partial charge is 0.389 e. The lowest BCUT2D eigenvalue weighted by atomic mass is 10.1. The van der Waals surface area contributed by atoms with Gasteiger partial charge in [-0.2, -0.15) is 0 Å². The van der Waals surface area contributed by atoms with Crippen LogP contribution in [0.25, 0.3) is 0 Å². The van der Waals surface area contributed by atoms with E-state index in [0.717, 1.165) is 11.1 Å². The molecule has 0 bridgehead atoms. The number of urea groups is 1. The predicted octanol–water partition coefficient (Wildman–Crippen LogP) is 3.30. The van der Waals surface area contributed by atoms with Gasteiger partial charge in [0, 0.05) is 22.8 Å². The van der Waals surface area contributed by atoms with Gasteiger partial charge in [0.2, 0.25) is 0 Å². The van der Waals surface area contributed by atoms with E-state index in [-0.39, 0.29) is 6.03 Å². The van der Waals surface area contributed by atoms with Crippen LogP contribution in [0.15, 0.2) is 48.5 Å². The highest BCUT2D eigenvalue weighted by Gasteiger charge is 2.02. The fraction of sp³-hybridized carbons (Fsp3) is 0.0667. The SMILES string of the molecule is NC(=S)c1ccc(CNC(=O)Nc2ccc(Cl)cc2)cc1. The molecule has 2 aromatic rings. The van der Waals surface area contributed by atoms with Crippen molar-refractivity contribution in [1.82, 2.24) is 5.32 Å². The topological polar surface area (TPSA) is 67.1 Å². The van der Waals surface area contributed by atoms with Crippen LogP contribution in [0.1, 0.15) is 11.1 Å². The van der Waals surface area contributed by atoms with E-state index in [1.165, 1.54) is 0 Å². The van der Waals surface area contributed by atoms with Crippen LogP contribution in [0.5, 0.6) is 0 Å². The van der Waals surface area contributed by atoms with Crippen LogP contribution in [0.3, 0.4) is 0 Å². The number of hydrogen-bond donors (Lipinski definition) is 3. The molecule has 0 aliphatic rings. The van der Waals surface area contributed by atoms with Gasteiger partial charge in [-0.05, 0) is 29.8 Å². The Labute approximate surface area is 133 Å². The highest BCUT2D eigenvalue weighted by molar-refractivity contribution is 7.80. The molecule has 0 heterocycles. The number of benzene rings is 2. The minimum Gasteiger partial charge on any atom is -0.389 e. The molecule has 2 rings (SSSR count). The predicted molar refractivity (Wildman–Crippen MR) is 89.6 cm³/mol. The first-order valence-electron chi connectivity index (χ1n) is 6.24. The molecular weight excluding hydrogens is 306 g/mol. The lowest BCUT2D eigenvalue weighted by molar-refractivity contribution is 0.251. The van der Waals surface area contributed by atoms with Crippen molar-refractivity contribution in [3.63, 3.8) is 0 Å². The Kier molecular flexibility index (Phi) is 5.14. The Bertz CT molecular complexity index is 641. The van der Waals surface area contributed by atoms with Gasteiger partial charge in [0.25, 0.3) is 0 Å².